The average molecular weight is 336 g/mol. The fourth-order valence-corrected chi connectivity index (χ4v) is 5.72. The largest absolute Gasteiger partial charge is 0.468 e. The molecule has 3 saturated carbocycles. The van der Waals surface area contributed by atoms with Gasteiger partial charge < -0.3 is 9.47 Å². The standard InChI is InChI=1S/C20H32O4/c1-19(2,3)24-17-7-6-15-13-11-14(18(22)23-5)16(21)10-12(13)8-9-20(15,17)4/h12-15,17H,6-11H2,1-5H3/t12-,13-,14?,15+,17+,20+/m0/s1. The molecule has 4 heteroatoms. The van der Waals surface area contributed by atoms with Gasteiger partial charge in [0.05, 0.1) is 18.8 Å². The van der Waals surface area contributed by atoms with Crippen LogP contribution >= 0.6 is 0 Å². The predicted molar refractivity (Wildman–Crippen MR) is 91.4 cm³/mol. The Morgan fingerprint density at radius 2 is 1.92 bits per heavy atom. The predicted octanol–water partition coefficient (Wildman–Crippen LogP) is 3.76. The van der Waals surface area contributed by atoms with Crippen molar-refractivity contribution >= 4 is 11.8 Å². The maximum atomic E-state index is 12.3. The SMILES string of the molecule is COC(=O)C1C[C@H]2[C@@H](CC[C@]3(C)[C@@H]2CC[C@H]3OC(C)(C)C)CC1=O. The Morgan fingerprint density at radius 3 is 2.54 bits per heavy atom. The molecule has 3 fully saturated rings. The van der Waals surface area contributed by atoms with E-state index < -0.39 is 5.92 Å². The molecule has 0 saturated heterocycles. The fourth-order valence-electron chi connectivity index (χ4n) is 5.72. The van der Waals surface area contributed by atoms with E-state index >= 15 is 0 Å². The summed E-state index contributed by atoms with van der Waals surface area (Å²) in [6.45, 7) is 8.76. The van der Waals surface area contributed by atoms with Gasteiger partial charge in [0, 0.05) is 6.42 Å². The van der Waals surface area contributed by atoms with Crippen molar-refractivity contribution in [3.63, 3.8) is 0 Å². The number of ketones is 1. The number of hydrogen-bond acceptors (Lipinski definition) is 4. The molecule has 0 aromatic rings. The van der Waals surface area contributed by atoms with E-state index in [1.807, 2.05) is 0 Å². The Hall–Kier alpha value is -0.900. The summed E-state index contributed by atoms with van der Waals surface area (Å²) in [6, 6.07) is 0. The van der Waals surface area contributed by atoms with Gasteiger partial charge in [-0.25, -0.2) is 0 Å². The molecule has 1 unspecified atom stereocenters. The van der Waals surface area contributed by atoms with Gasteiger partial charge in [0.2, 0.25) is 0 Å². The van der Waals surface area contributed by atoms with Gasteiger partial charge in [-0.2, -0.15) is 0 Å². The van der Waals surface area contributed by atoms with E-state index in [0.29, 0.717) is 30.6 Å². The Morgan fingerprint density at radius 1 is 1.21 bits per heavy atom. The molecule has 0 aliphatic heterocycles. The molecule has 3 rings (SSSR count). The highest BCUT2D eigenvalue weighted by molar-refractivity contribution is 5.99. The van der Waals surface area contributed by atoms with Crippen LogP contribution in [0.1, 0.15) is 66.2 Å². The Labute approximate surface area is 145 Å². The zero-order valence-electron chi connectivity index (χ0n) is 15.8. The van der Waals surface area contributed by atoms with Crippen molar-refractivity contribution in [3.8, 4) is 0 Å². The van der Waals surface area contributed by atoms with Gasteiger partial charge in [0.1, 0.15) is 11.7 Å². The molecule has 0 aromatic carbocycles. The maximum Gasteiger partial charge on any atom is 0.316 e. The molecule has 0 amide bonds. The molecule has 136 valence electrons. The van der Waals surface area contributed by atoms with Crippen LogP contribution in [0.2, 0.25) is 0 Å². The number of ether oxygens (including phenoxy) is 2. The van der Waals surface area contributed by atoms with Crippen molar-refractivity contribution in [2.45, 2.75) is 77.9 Å². The molecular formula is C20H32O4. The number of carbonyl (C=O) groups is 2. The molecule has 6 atom stereocenters. The van der Waals surface area contributed by atoms with Crippen LogP contribution in [0.4, 0.5) is 0 Å². The highest BCUT2D eigenvalue weighted by atomic mass is 16.5. The van der Waals surface area contributed by atoms with Crippen molar-refractivity contribution in [2.75, 3.05) is 7.11 Å². The second-order valence-electron chi connectivity index (χ2n) is 9.35. The van der Waals surface area contributed by atoms with Gasteiger partial charge in [-0.1, -0.05) is 6.92 Å². The summed E-state index contributed by atoms with van der Waals surface area (Å²) in [5.74, 6) is 0.674. The number of methoxy groups -OCH3 is 1. The van der Waals surface area contributed by atoms with Crippen LogP contribution in [0.25, 0.3) is 0 Å². The van der Waals surface area contributed by atoms with E-state index in [4.69, 9.17) is 9.47 Å². The highest BCUT2D eigenvalue weighted by Crippen LogP contribution is 2.60. The lowest BCUT2D eigenvalue weighted by Gasteiger charge is -2.51. The Balaban J connectivity index is 1.80. The van der Waals surface area contributed by atoms with Gasteiger partial charge in [-0.3, -0.25) is 9.59 Å². The van der Waals surface area contributed by atoms with Crippen LogP contribution in [-0.2, 0) is 19.1 Å². The van der Waals surface area contributed by atoms with Crippen LogP contribution < -0.4 is 0 Å². The van der Waals surface area contributed by atoms with Crippen molar-refractivity contribution in [1.82, 2.24) is 0 Å². The van der Waals surface area contributed by atoms with Gasteiger partial charge in [0.15, 0.2) is 0 Å². The zero-order chi connectivity index (χ0) is 17.7. The summed E-state index contributed by atoms with van der Waals surface area (Å²) < 4.78 is 11.3. The van der Waals surface area contributed by atoms with Gasteiger partial charge in [0.25, 0.3) is 0 Å². The van der Waals surface area contributed by atoms with Gasteiger partial charge in [-0.15, -0.1) is 0 Å². The lowest BCUT2D eigenvalue weighted by molar-refractivity contribution is -0.158. The number of rotatable bonds is 2. The molecule has 0 N–H and O–H groups in total. The van der Waals surface area contributed by atoms with Crippen molar-refractivity contribution < 1.29 is 19.1 Å². The number of esters is 1. The first-order valence-corrected chi connectivity index (χ1v) is 9.44. The second-order valence-corrected chi connectivity index (χ2v) is 9.35. The van der Waals surface area contributed by atoms with Crippen LogP contribution in [0.3, 0.4) is 0 Å². The number of carbonyl (C=O) groups excluding carboxylic acids is 2. The first kappa shape index (κ1) is 17.9. The molecule has 0 aromatic heterocycles. The summed E-state index contributed by atoms with van der Waals surface area (Å²) in [5, 5.41) is 0. The Bertz CT molecular complexity index is 520. The van der Waals surface area contributed by atoms with Crippen LogP contribution in [-0.4, -0.2) is 30.6 Å². The molecule has 3 aliphatic rings. The maximum absolute atomic E-state index is 12.3. The number of hydrogen-bond donors (Lipinski definition) is 0. The Kier molecular flexibility index (Phi) is 4.57. The molecular weight excluding hydrogens is 304 g/mol. The summed E-state index contributed by atoms with van der Waals surface area (Å²) in [6.07, 6.45) is 5.99. The van der Waals surface area contributed by atoms with E-state index in [-0.39, 0.29) is 28.9 Å². The molecule has 4 nitrogen and oxygen atoms in total. The third-order valence-electron chi connectivity index (χ3n) is 6.84. The van der Waals surface area contributed by atoms with Crippen molar-refractivity contribution in [3.05, 3.63) is 0 Å². The van der Waals surface area contributed by atoms with E-state index in [0.717, 1.165) is 25.7 Å². The van der Waals surface area contributed by atoms with Gasteiger partial charge >= 0.3 is 5.97 Å². The fraction of sp³-hybridized carbons (Fsp3) is 0.900. The molecule has 0 bridgehead atoms. The first-order valence-electron chi connectivity index (χ1n) is 9.44. The summed E-state index contributed by atoms with van der Waals surface area (Å²) >= 11 is 0. The molecule has 3 aliphatic carbocycles. The van der Waals surface area contributed by atoms with Crippen molar-refractivity contribution in [1.29, 1.82) is 0 Å². The lowest BCUT2D eigenvalue weighted by Crippen LogP contribution is -2.49. The topological polar surface area (TPSA) is 52.6 Å². The number of fused-ring (bicyclic) bond motifs is 3. The minimum absolute atomic E-state index is 0.0900. The quantitative estimate of drug-likeness (QED) is 0.569. The minimum Gasteiger partial charge on any atom is -0.468 e. The lowest BCUT2D eigenvalue weighted by atomic mass is 9.55. The highest BCUT2D eigenvalue weighted by Gasteiger charge is 2.57. The van der Waals surface area contributed by atoms with Crippen LogP contribution in [0.15, 0.2) is 0 Å². The molecule has 0 heterocycles. The van der Waals surface area contributed by atoms with Crippen LogP contribution in [0.5, 0.6) is 0 Å². The summed E-state index contributed by atoms with van der Waals surface area (Å²) in [7, 11) is 1.38. The molecule has 0 radical (unpaired) electrons. The van der Waals surface area contributed by atoms with E-state index in [1.165, 1.54) is 7.11 Å². The van der Waals surface area contributed by atoms with Crippen LogP contribution in [0, 0.1) is 29.1 Å². The molecule has 24 heavy (non-hydrogen) atoms. The average Bonchev–Trinajstić information content (AvgIpc) is 2.81. The normalized spacial score (nSPS) is 42.4. The van der Waals surface area contributed by atoms with Crippen molar-refractivity contribution in [2.24, 2.45) is 29.1 Å². The van der Waals surface area contributed by atoms with E-state index in [2.05, 4.69) is 27.7 Å². The van der Waals surface area contributed by atoms with E-state index in [1.54, 1.807) is 0 Å². The second kappa shape index (κ2) is 6.12. The van der Waals surface area contributed by atoms with Gasteiger partial charge in [-0.05, 0) is 76.0 Å². The first-order chi connectivity index (χ1) is 11.2. The van der Waals surface area contributed by atoms with E-state index in [9.17, 15) is 9.59 Å². The third kappa shape index (κ3) is 3.02. The summed E-state index contributed by atoms with van der Waals surface area (Å²) in [5.41, 5.74) is 0.0476. The summed E-state index contributed by atoms with van der Waals surface area (Å²) in [4.78, 5) is 24.4. The minimum atomic E-state index is -0.541. The smallest absolute Gasteiger partial charge is 0.316 e. The number of Topliss-reactive ketones (excluding diaryl/α,β-unsaturated/α-hetero) is 1. The third-order valence-corrected chi connectivity index (χ3v) is 6.84. The molecule has 0 spiro atoms. The monoisotopic (exact) mass is 336 g/mol. The zero-order valence-corrected chi connectivity index (χ0v) is 15.8.